The zero-order chi connectivity index (χ0) is 23.2. The van der Waals surface area contributed by atoms with Crippen molar-refractivity contribution >= 4 is 28.0 Å². The number of ketones is 1. The van der Waals surface area contributed by atoms with Gasteiger partial charge in [0.2, 0.25) is 0 Å². The SMILES string of the molecule is COc1cc(C(=O)CNC(=O)C2=CCOc3cc4ccccc4cc32)cc2c1OC(C)(C)C2. The summed E-state index contributed by atoms with van der Waals surface area (Å²) in [6.45, 7) is 4.18. The normalized spacial score (nSPS) is 15.5. The predicted octanol–water partition coefficient (Wildman–Crippen LogP) is 4.34. The molecule has 6 nitrogen and oxygen atoms in total. The highest BCUT2D eigenvalue weighted by Gasteiger charge is 2.33. The Morgan fingerprint density at radius 3 is 2.61 bits per heavy atom. The average molecular weight is 443 g/mol. The first-order valence-electron chi connectivity index (χ1n) is 10.9. The number of methoxy groups -OCH3 is 1. The fourth-order valence-electron chi connectivity index (χ4n) is 4.44. The van der Waals surface area contributed by atoms with Gasteiger partial charge in [-0.2, -0.15) is 0 Å². The maximum Gasteiger partial charge on any atom is 0.252 e. The van der Waals surface area contributed by atoms with E-state index in [4.69, 9.17) is 14.2 Å². The number of rotatable bonds is 5. The van der Waals surface area contributed by atoms with Gasteiger partial charge in [0.15, 0.2) is 17.3 Å². The topological polar surface area (TPSA) is 73.9 Å². The molecule has 0 saturated heterocycles. The van der Waals surface area contributed by atoms with Crippen molar-refractivity contribution in [3.05, 3.63) is 71.3 Å². The molecule has 0 aliphatic carbocycles. The third-order valence-corrected chi connectivity index (χ3v) is 5.99. The molecule has 0 unspecified atom stereocenters. The molecule has 6 heteroatoms. The summed E-state index contributed by atoms with van der Waals surface area (Å²) >= 11 is 0. The molecule has 0 saturated carbocycles. The molecule has 3 aromatic rings. The van der Waals surface area contributed by atoms with Crippen molar-refractivity contribution < 1.29 is 23.8 Å². The van der Waals surface area contributed by atoms with Crippen LogP contribution < -0.4 is 19.5 Å². The molecule has 5 rings (SSSR count). The molecular weight excluding hydrogens is 418 g/mol. The van der Waals surface area contributed by atoms with Gasteiger partial charge in [-0.3, -0.25) is 9.59 Å². The molecule has 0 aromatic heterocycles. The third kappa shape index (κ3) is 3.93. The molecule has 2 aliphatic rings. The molecule has 168 valence electrons. The standard InChI is InChI=1S/C27H25NO5/c1-27(2)14-19-10-18(13-24(31-3)25(19)33-27)22(29)15-28-26(30)20-8-9-32-23-12-17-7-5-4-6-16(17)11-21(20)23/h4-8,10-13H,9,14-15H2,1-3H3,(H,28,30). The zero-order valence-corrected chi connectivity index (χ0v) is 18.9. The second-order valence-corrected chi connectivity index (χ2v) is 8.94. The number of benzene rings is 3. The Hall–Kier alpha value is -3.80. The lowest BCUT2D eigenvalue weighted by Crippen LogP contribution is -2.31. The van der Waals surface area contributed by atoms with Crippen LogP contribution in [0.3, 0.4) is 0 Å². The molecule has 0 fully saturated rings. The second-order valence-electron chi connectivity index (χ2n) is 8.94. The first kappa shape index (κ1) is 21.1. The first-order chi connectivity index (χ1) is 15.8. The van der Waals surface area contributed by atoms with Crippen LogP contribution in [0.25, 0.3) is 16.3 Å². The van der Waals surface area contributed by atoms with Crippen LogP contribution in [-0.2, 0) is 11.2 Å². The van der Waals surface area contributed by atoms with E-state index in [9.17, 15) is 9.59 Å². The molecule has 0 radical (unpaired) electrons. The summed E-state index contributed by atoms with van der Waals surface area (Å²) in [7, 11) is 1.55. The molecule has 0 bridgehead atoms. The Kier molecular flexibility index (Phi) is 5.08. The van der Waals surface area contributed by atoms with Gasteiger partial charge in [-0.1, -0.05) is 24.3 Å². The minimum Gasteiger partial charge on any atom is -0.493 e. The van der Waals surface area contributed by atoms with Gasteiger partial charge in [0.05, 0.1) is 13.7 Å². The summed E-state index contributed by atoms with van der Waals surface area (Å²) in [5, 5.41) is 4.84. The van der Waals surface area contributed by atoms with E-state index in [-0.39, 0.29) is 23.8 Å². The van der Waals surface area contributed by atoms with Crippen molar-refractivity contribution in [1.82, 2.24) is 5.32 Å². The quantitative estimate of drug-likeness (QED) is 0.594. The Labute approximate surface area is 192 Å². The van der Waals surface area contributed by atoms with Gasteiger partial charge in [0.25, 0.3) is 5.91 Å². The van der Waals surface area contributed by atoms with E-state index in [1.165, 1.54) is 0 Å². The number of Topliss-reactive ketones (excluding diaryl/α,β-unsaturated/α-hetero) is 1. The largest absolute Gasteiger partial charge is 0.493 e. The van der Waals surface area contributed by atoms with E-state index in [0.717, 1.165) is 21.9 Å². The summed E-state index contributed by atoms with van der Waals surface area (Å²) in [4.78, 5) is 25.9. The fraction of sp³-hybridized carbons (Fsp3) is 0.259. The van der Waals surface area contributed by atoms with Crippen molar-refractivity contribution in [3.8, 4) is 17.2 Å². The van der Waals surface area contributed by atoms with E-state index in [1.807, 2.05) is 56.3 Å². The Morgan fingerprint density at radius 2 is 1.85 bits per heavy atom. The number of hydrogen-bond donors (Lipinski definition) is 1. The molecule has 0 atom stereocenters. The van der Waals surface area contributed by atoms with Crippen LogP contribution in [0.2, 0.25) is 0 Å². The Morgan fingerprint density at radius 1 is 1.09 bits per heavy atom. The summed E-state index contributed by atoms with van der Waals surface area (Å²) in [6, 6.07) is 15.3. The second kappa shape index (κ2) is 7.96. The maximum atomic E-state index is 13.0. The smallest absolute Gasteiger partial charge is 0.252 e. The number of fused-ring (bicyclic) bond motifs is 3. The summed E-state index contributed by atoms with van der Waals surface area (Å²) < 4.78 is 17.2. The van der Waals surface area contributed by atoms with Crippen LogP contribution in [-0.4, -0.2) is 37.6 Å². The van der Waals surface area contributed by atoms with Crippen molar-refractivity contribution in [3.63, 3.8) is 0 Å². The zero-order valence-electron chi connectivity index (χ0n) is 18.9. The molecule has 0 spiro atoms. The van der Waals surface area contributed by atoms with Crippen LogP contribution in [0.5, 0.6) is 17.2 Å². The minimum absolute atomic E-state index is 0.119. The van der Waals surface area contributed by atoms with E-state index >= 15 is 0 Å². The van der Waals surface area contributed by atoms with Gasteiger partial charge >= 0.3 is 0 Å². The van der Waals surface area contributed by atoms with Crippen LogP contribution in [0.1, 0.15) is 35.3 Å². The Bertz CT molecular complexity index is 1320. The molecular formula is C27H25NO5. The van der Waals surface area contributed by atoms with Crippen LogP contribution in [0, 0.1) is 0 Å². The lowest BCUT2D eigenvalue weighted by molar-refractivity contribution is -0.115. The highest BCUT2D eigenvalue weighted by atomic mass is 16.5. The van der Waals surface area contributed by atoms with Gasteiger partial charge in [0, 0.05) is 28.7 Å². The highest BCUT2D eigenvalue weighted by Crippen LogP contribution is 2.42. The van der Waals surface area contributed by atoms with Crippen LogP contribution in [0.4, 0.5) is 0 Å². The lowest BCUT2D eigenvalue weighted by Gasteiger charge is -2.19. The predicted molar refractivity (Wildman–Crippen MR) is 126 cm³/mol. The van der Waals surface area contributed by atoms with Gasteiger partial charge in [-0.05, 0) is 55.0 Å². The minimum atomic E-state index is -0.349. The molecule has 3 aromatic carbocycles. The summed E-state index contributed by atoms with van der Waals surface area (Å²) in [6.07, 6.45) is 2.43. The van der Waals surface area contributed by atoms with Gasteiger partial charge < -0.3 is 19.5 Å². The van der Waals surface area contributed by atoms with Crippen LogP contribution in [0.15, 0.2) is 54.6 Å². The van der Waals surface area contributed by atoms with E-state index in [2.05, 4.69) is 5.32 Å². The van der Waals surface area contributed by atoms with E-state index in [1.54, 1.807) is 19.3 Å². The average Bonchev–Trinajstić information content (AvgIpc) is 3.13. The van der Waals surface area contributed by atoms with Gasteiger partial charge in [-0.15, -0.1) is 0 Å². The van der Waals surface area contributed by atoms with Gasteiger partial charge in [-0.25, -0.2) is 0 Å². The van der Waals surface area contributed by atoms with Crippen molar-refractivity contribution in [2.75, 3.05) is 20.3 Å². The Balaban J connectivity index is 1.34. The highest BCUT2D eigenvalue weighted by molar-refractivity contribution is 6.22. The number of ether oxygens (including phenoxy) is 3. The van der Waals surface area contributed by atoms with Crippen LogP contribution >= 0.6 is 0 Å². The number of carbonyl (C=O) groups is 2. The monoisotopic (exact) mass is 443 g/mol. The fourth-order valence-corrected chi connectivity index (χ4v) is 4.44. The van der Waals surface area contributed by atoms with Crippen molar-refractivity contribution in [1.29, 1.82) is 0 Å². The van der Waals surface area contributed by atoms with Crippen molar-refractivity contribution in [2.45, 2.75) is 25.9 Å². The number of nitrogens with one attached hydrogen (secondary N) is 1. The molecule has 33 heavy (non-hydrogen) atoms. The molecule has 2 heterocycles. The van der Waals surface area contributed by atoms with E-state index < -0.39 is 0 Å². The molecule has 1 amide bonds. The number of carbonyl (C=O) groups excluding carboxylic acids is 2. The number of amides is 1. The van der Waals surface area contributed by atoms with E-state index in [0.29, 0.717) is 41.4 Å². The number of hydrogen-bond acceptors (Lipinski definition) is 5. The summed E-state index contributed by atoms with van der Waals surface area (Å²) in [5.41, 5.74) is 2.31. The maximum absolute atomic E-state index is 13.0. The summed E-state index contributed by atoms with van der Waals surface area (Å²) in [5.74, 6) is 1.37. The lowest BCUT2D eigenvalue weighted by atomic mass is 9.97. The van der Waals surface area contributed by atoms with Gasteiger partial charge in [0.1, 0.15) is 18.0 Å². The molecule has 2 aliphatic heterocycles. The molecule has 1 N–H and O–H groups in total. The van der Waals surface area contributed by atoms with Crippen molar-refractivity contribution in [2.24, 2.45) is 0 Å². The third-order valence-electron chi connectivity index (χ3n) is 5.99. The first-order valence-corrected chi connectivity index (χ1v) is 10.9.